The second kappa shape index (κ2) is 9.70. The van der Waals surface area contributed by atoms with Crippen LogP contribution in [0.15, 0.2) is 60.7 Å². The molecule has 0 radical (unpaired) electrons. The van der Waals surface area contributed by atoms with Crippen molar-refractivity contribution in [2.45, 2.75) is 45.4 Å². The van der Waals surface area contributed by atoms with E-state index in [9.17, 15) is 4.57 Å². The van der Waals surface area contributed by atoms with Crippen LogP contribution in [-0.2, 0) is 9.09 Å². The number of unbranched alkanes of at least 4 members (excludes halogenated alkanes) is 5. The lowest BCUT2D eigenvalue weighted by Crippen LogP contribution is -2.18. The van der Waals surface area contributed by atoms with Gasteiger partial charge in [0.2, 0.25) is 0 Å². The topological polar surface area (TPSA) is 26.3 Å². The van der Waals surface area contributed by atoms with Gasteiger partial charge in [-0.1, -0.05) is 75.4 Å². The predicted octanol–water partition coefficient (Wildman–Crippen LogP) is 5.29. The monoisotopic (exact) mass is 330 g/mol. The van der Waals surface area contributed by atoms with Crippen LogP contribution in [-0.4, -0.2) is 6.61 Å². The maximum atomic E-state index is 13.5. The molecule has 2 rings (SSSR count). The second-order valence-corrected chi connectivity index (χ2v) is 8.22. The predicted molar refractivity (Wildman–Crippen MR) is 99.1 cm³/mol. The van der Waals surface area contributed by atoms with Gasteiger partial charge in [0.05, 0.1) is 6.61 Å². The van der Waals surface area contributed by atoms with Crippen molar-refractivity contribution in [2.24, 2.45) is 0 Å². The van der Waals surface area contributed by atoms with Gasteiger partial charge >= 0.3 is 0 Å². The fourth-order valence-corrected chi connectivity index (χ4v) is 4.73. The van der Waals surface area contributed by atoms with E-state index < -0.39 is 7.37 Å². The Bertz CT molecular complexity index is 552. The highest BCUT2D eigenvalue weighted by Gasteiger charge is 2.27. The first-order chi connectivity index (χ1) is 11.3. The van der Waals surface area contributed by atoms with E-state index in [1.165, 1.54) is 25.7 Å². The quantitative estimate of drug-likeness (QED) is 0.437. The molecule has 0 aromatic heterocycles. The zero-order valence-electron chi connectivity index (χ0n) is 14.0. The summed E-state index contributed by atoms with van der Waals surface area (Å²) in [4.78, 5) is 0. The SMILES string of the molecule is CCCCCCCCOP(=O)(c1ccccc1)c1ccccc1. The average Bonchev–Trinajstić information content (AvgIpc) is 2.62. The van der Waals surface area contributed by atoms with Gasteiger partial charge in [-0.05, 0) is 30.7 Å². The number of hydrogen-bond donors (Lipinski definition) is 0. The van der Waals surface area contributed by atoms with Crippen LogP contribution in [0.1, 0.15) is 45.4 Å². The number of hydrogen-bond acceptors (Lipinski definition) is 2. The number of rotatable bonds is 10. The Hall–Kier alpha value is -1.37. The summed E-state index contributed by atoms with van der Waals surface area (Å²) in [5.41, 5.74) is 0. The molecule has 2 aromatic rings. The highest BCUT2D eigenvalue weighted by Crippen LogP contribution is 2.44. The van der Waals surface area contributed by atoms with Crippen LogP contribution >= 0.6 is 7.37 Å². The Labute approximate surface area is 140 Å². The van der Waals surface area contributed by atoms with Gasteiger partial charge in [-0.25, -0.2) is 0 Å². The van der Waals surface area contributed by atoms with E-state index in [4.69, 9.17) is 4.52 Å². The van der Waals surface area contributed by atoms with Crippen LogP contribution in [0.5, 0.6) is 0 Å². The Morgan fingerprint density at radius 1 is 0.739 bits per heavy atom. The van der Waals surface area contributed by atoms with E-state index in [0.717, 1.165) is 23.5 Å². The summed E-state index contributed by atoms with van der Waals surface area (Å²) in [6, 6.07) is 19.1. The minimum Gasteiger partial charge on any atom is -0.322 e. The molecule has 0 aliphatic carbocycles. The van der Waals surface area contributed by atoms with Crippen LogP contribution < -0.4 is 10.6 Å². The molecule has 3 heteroatoms. The summed E-state index contributed by atoms with van der Waals surface area (Å²) in [5, 5.41) is 1.55. The van der Waals surface area contributed by atoms with Gasteiger partial charge in [-0.3, -0.25) is 4.57 Å². The molecular weight excluding hydrogens is 303 g/mol. The maximum Gasteiger partial charge on any atom is 0.261 e. The molecular formula is C20H27O2P. The van der Waals surface area contributed by atoms with E-state index >= 15 is 0 Å². The van der Waals surface area contributed by atoms with E-state index in [1.807, 2.05) is 60.7 Å². The minimum absolute atomic E-state index is 0.549. The lowest BCUT2D eigenvalue weighted by atomic mass is 10.1. The van der Waals surface area contributed by atoms with E-state index in [1.54, 1.807) is 0 Å². The van der Waals surface area contributed by atoms with Gasteiger partial charge in [-0.15, -0.1) is 0 Å². The van der Waals surface area contributed by atoms with Crippen molar-refractivity contribution in [3.05, 3.63) is 60.7 Å². The van der Waals surface area contributed by atoms with Crippen LogP contribution in [0.25, 0.3) is 0 Å². The van der Waals surface area contributed by atoms with E-state index in [0.29, 0.717) is 6.61 Å². The molecule has 0 aliphatic heterocycles. The lowest BCUT2D eigenvalue weighted by molar-refractivity contribution is 0.313. The zero-order valence-corrected chi connectivity index (χ0v) is 14.9. The summed E-state index contributed by atoms with van der Waals surface area (Å²) in [6.07, 6.45) is 7.18. The third-order valence-electron chi connectivity index (χ3n) is 3.96. The van der Waals surface area contributed by atoms with Crippen molar-refractivity contribution in [3.8, 4) is 0 Å². The van der Waals surface area contributed by atoms with Crippen molar-refractivity contribution < 1.29 is 9.09 Å². The van der Waals surface area contributed by atoms with Crippen LogP contribution in [0.4, 0.5) is 0 Å². The molecule has 0 spiro atoms. The Kier molecular flexibility index (Phi) is 7.58. The molecule has 0 atom stereocenters. The first kappa shape index (κ1) is 18.0. The van der Waals surface area contributed by atoms with Crippen LogP contribution in [0, 0.1) is 0 Å². The third-order valence-corrected chi connectivity index (χ3v) is 6.47. The molecule has 2 nitrogen and oxygen atoms in total. The molecule has 0 unspecified atom stereocenters. The fourth-order valence-electron chi connectivity index (χ4n) is 2.62. The van der Waals surface area contributed by atoms with Crippen molar-refractivity contribution in [1.82, 2.24) is 0 Å². The summed E-state index contributed by atoms with van der Waals surface area (Å²) in [7, 11) is -2.99. The summed E-state index contributed by atoms with van der Waals surface area (Å²) >= 11 is 0. The largest absolute Gasteiger partial charge is 0.322 e. The van der Waals surface area contributed by atoms with Gasteiger partial charge in [0.15, 0.2) is 0 Å². The van der Waals surface area contributed by atoms with Crippen LogP contribution in [0.3, 0.4) is 0 Å². The van der Waals surface area contributed by atoms with Crippen molar-refractivity contribution in [2.75, 3.05) is 6.61 Å². The Morgan fingerprint density at radius 2 is 1.22 bits per heavy atom. The minimum atomic E-state index is -2.99. The standard InChI is InChI=1S/C20H27O2P/c1-2-3-4-5-6-13-18-22-23(21,19-14-9-7-10-15-19)20-16-11-8-12-17-20/h7-12,14-17H,2-6,13,18H2,1H3. The zero-order chi connectivity index (χ0) is 16.4. The third kappa shape index (κ3) is 5.34. The summed E-state index contributed by atoms with van der Waals surface area (Å²) < 4.78 is 19.5. The molecule has 0 N–H and O–H groups in total. The molecule has 0 fully saturated rings. The van der Waals surface area contributed by atoms with Crippen molar-refractivity contribution in [1.29, 1.82) is 0 Å². The first-order valence-corrected chi connectivity index (χ1v) is 10.3. The highest BCUT2D eigenvalue weighted by molar-refractivity contribution is 7.74. The lowest BCUT2D eigenvalue weighted by Gasteiger charge is -2.19. The Morgan fingerprint density at radius 3 is 1.74 bits per heavy atom. The molecule has 23 heavy (non-hydrogen) atoms. The summed E-state index contributed by atoms with van der Waals surface area (Å²) in [6.45, 7) is 2.77. The van der Waals surface area contributed by atoms with Crippen molar-refractivity contribution in [3.63, 3.8) is 0 Å². The molecule has 0 heterocycles. The summed E-state index contributed by atoms with van der Waals surface area (Å²) in [5.74, 6) is 0. The average molecular weight is 330 g/mol. The van der Waals surface area contributed by atoms with Gasteiger partial charge in [-0.2, -0.15) is 0 Å². The van der Waals surface area contributed by atoms with E-state index in [-0.39, 0.29) is 0 Å². The second-order valence-electron chi connectivity index (χ2n) is 5.82. The maximum absolute atomic E-state index is 13.5. The molecule has 0 aliphatic rings. The van der Waals surface area contributed by atoms with Gasteiger partial charge < -0.3 is 4.52 Å². The molecule has 124 valence electrons. The fraction of sp³-hybridized carbons (Fsp3) is 0.400. The molecule has 0 amide bonds. The van der Waals surface area contributed by atoms with Crippen LogP contribution in [0.2, 0.25) is 0 Å². The highest BCUT2D eigenvalue weighted by atomic mass is 31.2. The molecule has 0 saturated carbocycles. The Balaban J connectivity index is 2.00. The number of benzene rings is 2. The van der Waals surface area contributed by atoms with E-state index in [2.05, 4.69) is 6.92 Å². The van der Waals surface area contributed by atoms with Crippen molar-refractivity contribution >= 4 is 18.0 Å². The molecule has 0 saturated heterocycles. The van der Waals surface area contributed by atoms with Gasteiger partial charge in [0.1, 0.15) is 0 Å². The normalized spacial score (nSPS) is 11.5. The first-order valence-electron chi connectivity index (χ1n) is 8.63. The van der Waals surface area contributed by atoms with Gasteiger partial charge in [0, 0.05) is 10.6 Å². The smallest absolute Gasteiger partial charge is 0.261 e. The molecule has 0 bridgehead atoms. The van der Waals surface area contributed by atoms with Gasteiger partial charge in [0.25, 0.3) is 7.37 Å². The molecule has 2 aromatic carbocycles.